The number of aliphatic hydroxyl groups excluding tert-OH is 3. The van der Waals surface area contributed by atoms with Gasteiger partial charge < -0.3 is 117 Å². The molecule has 560 valence electrons. The van der Waals surface area contributed by atoms with Crippen LogP contribution in [0.5, 0.6) is 0 Å². The van der Waals surface area contributed by atoms with Crippen molar-refractivity contribution in [1.82, 2.24) is 68.7 Å². The second-order valence-electron chi connectivity index (χ2n) is 25.4. The van der Waals surface area contributed by atoms with Crippen molar-refractivity contribution in [1.29, 1.82) is 0 Å². The molecule has 1 aliphatic heterocycles. The van der Waals surface area contributed by atoms with Crippen LogP contribution < -0.4 is 81.0 Å². The van der Waals surface area contributed by atoms with E-state index in [1.54, 1.807) is 27.7 Å². The molecule has 1 fully saturated rings. The Morgan fingerprint density at radius 1 is 0.475 bits per heavy atom. The summed E-state index contributed by atoms with van der Waals surface area (Å²) in [5, 5.41) is 88.5. The highest BCUT2D eigenvalue weighted by atomic mass is 16.4. The van der Waals surface area contributed by atoms with E-state index in [2.05, 4.69) is 68.8 Å². The summed E-state index contributed by atoms with van der Waals surface area (Å²) in [5.41, 5.74) is 15.9. The lowest BCUT2D eigenvalue weighted by molar-refractivity contribution is -0.145. The zero-order chi connectivity index (χ0) is 75.7. The first-order valence-electron chi connectivity index (χ1n) is 32.4. The molecule has 0 aromatic carbocycles. The lowest BCUT2D eigenvalue weighted by Crippen LogP contribution is -2.62. The van der Waals surface area contributed by atoms with Gasteiger partial charge in [0.15, 0.2) is 5.96 Å². The highest BCUT2D eigenvalue weighted by Gasteiger charge is 2.42. The normalized spacial score (nSPS) is 16.4. The number of carbonyl (C=O) groups is 16. The van der Waals surface area contributed by atoms with Crippen molar-refractivity contribution in [3.8, 4) is 0 Å². The first-order valence-corrected chi connectivity index (χ1v) is 32.4. The summed E-state index contributed by atoms with van der Waals surface area (Å²) in [6, 6.07) is -17.2. The van der Waals surface area contributed by atoms with E-state index >= 15 is 0 Å². The Kier molecular flexibility index (Phi) is 38.8. The van der Waals surface area contributed by atoms with Crippen LogP contribution in [0.4, 0.5) is 0 Å². The molecule has 39 heteroatoms. The van der Waals surface area contributed by atoms with Gasteiger partial charge in [0.05, 0.1) is 38.4 Å². The largest absolute Gasteiger partial charge is 0.481 e. The number of nitrogens with zero attached hydrogens (tertiary/aromatic N) is 2. The molecule has 0 aromatic rings. The zero-order valence-corrected chi connectivity index (χ0v) is 57.5. The minimum atomic E-state index is -1.87. The van der Waals surface area contributed by atoms with Crippen molar-refractivity contribution in [3.05, 3.63) is 0 Å². The van der Waals surface area contributed by atoms with Crippen LogP contribution in [0.2, 0.25) is 0 Å². The van der Waals surface area contributed by atoms with E-state index in [4.69, 9.17) is 17.2 Å². The number of aliphatic hydroxyl groups is 3. The molecule has 0 spiro atoms. The van der Waals surface area contributed by atoms with Crippen molar-refractivity contribution in [2.45, 2.75) is 212 Å². The third-order valence-electron chi connectivity index (χ3n) is 15.1. The van der Waals surface area contributed by atoms with Gasteiger partial charge in [0.25, 0.3) is 0 Å². The molecule has 0 saturated carbocycles. The highest BCUT2D eigenvalue weighted by molar-refractivity contribution is 6.00. The standard InChI is InChI=1S/C60H103N17O22/c1-27(2)21-36(70-50(89)37(22-28(3)4)71-57(96)48(32(10)80)73-42(83)24-65-40(81)23-61)51(90)72-38(26-78)52(91)75-46(30(7)8)56(95)76-47(31(9)79)54(93)66-25-41(82)67-33(15-17-43(84)85)49(88)74-45(29(5)6)55(94)68-34(16-18-44(86)87)58(97)77-20-12-14-39(77)53(92)69-35(59(98)99)13-11-19-64-60(62)63/h27-39,45-48,78-80H,11-26,61H2,1-10H3,(H,65,81)(H,66,93)(H,67,82)(H,68,94)(H,69,92)(H,70,89)(H,71,96)(H,72,90)(H,73,83)(H,74,88)(H,75,91)(H,76,95)(H,84,85)(H,86,87)(H,98,99)(H4,62,63,64)/t31-,32-,33+,34+,35+,36+,37+,38+,39+,45+,46+,47+,48+/m1/s1. The average molecular weight is 1410 g/mol. The maximum atomic E-state index is 14.1. The van der Waals surface area contributed by atoms with E-state index in [-0.39, 0.29) is 69.4 Å². The molecule has 1 saturated heterocycles. The summed E-state index contributed by atoms with van der Waals surface area (Å²) in [5.74, 6) is -19.5. The third-order valence-corrected chi connectivity index (χ3v) is 15.1. The van der Waals surface area contributed by atoms with Gasteiger partial charge in [-0.1, -0.05) is 55.4 Å². The summed E-state index contributed by atoms with van der Waals surface area (Å²) in [4.78, 5) is 216. The van der Waals surface area contributed by atoms with Gasteiger partial charge in [-0.25, -0.2) is 4.79 Å². The number of nitrogens with two attached hydrogens (primary N) is 3. The van der Waals surface area contributed by atoms with E-state index in [1.807, 2.05) is 0 Å². The van der Waals surface area contributed by atoms with Crippen molar-refractivity contribution < 1.29 is 107 Å². The van der Waals surface area contributed by atoms with Gasteiger partial charge >= 0.3 is 17.9 Å². The second kappa shape index (κ2) is 43.8. The van der Waals surface area contributed by atoms with Crippen molar-refractivity contribution in [3.63, 3.8) is 0 Å². The van der Waals surface area contributed by atoms with Crippen LogP contribution in [0.3, 0.4) is 0 Å². The number of likely N-dealkylation sites (tertiary alicyclic amines) is 1. The van der Waals surface area contributed by atoms with Crippen molar-refractivity contribution >= 4 is 101 Å². The maximum Gasteiger partial charge on any atom is 0.326 e. The maximum absolute atomic E-state index is 14.1. The van der Waals surface area contributed by atoms with Crippen molar-refractivity contribution in [2.75, 3.05) is 39.3 Å². The van der Waals surface area contributed by atoms with Crippen LogP contribution in [0.15, 0.2) is 4.99 Å². The van der Waals surface area contributed by atoms with Crippen molar-refractivity contribution in [2.24, 2.45) is 45.9 Å². The van der Waals surface area contributed by atoms with Crippen LogP contribution in [0.1, 0.15) is 133 Å². The molecule has 0 bridgehead atoms. The first-order chi connectivity index (χ1) is 46.1. The SMILES string of the molecule is CC(C)C[C@H](NC(=O)[C@H](CC(C)C)NC(=O)[C@@H](NC(=O)CNC(=O)CN)[C@@H](C)O)C(=O)N[C@@H](CO)C(=O)N[C@H](C(=O)N[C@H](C(=O)NCC(=O)N[C@@H](CCC(=O)O)C(=O)N[C@H](C(=O)N[C@@H](CCC(=O)O)C(=O)N1CCC[C@H]1C(=O)N[C@@H](CCCN=C(N)N)C(=O)O)C(C)C)[C@@H](C)O)C(C)C. The summed E-state index contributed by atoms with van der Waals surface area (Å²) in [6.45, 7) is 11.9. The minimum Gasteiger partial charge on any atom is -0.481 e. The topological polar surface area (TPSA) is 633 Å². The molecule has 0 radical (unpaired) electrons. The fourth-order valence-corrected chi connectivity index (χ4v) is 9.89. The molecule has 0 unspecified atom stereocenters. The summed E-state index contributed by atoms with van der Waals surface area (Å²) in [7, 11) is 0. The molecule has 99 heavy (non-hydrogen) atoms. The lowest BCUT2D eigenvalue weighted by atomic mass is 9.99. The highest BCUT2D eigenvalue weighted by Crippen LogP contribution is 2.21. The smallest absolute Gasteiger partial charge is 0.326 e. The number of carboxylic acids is 3. The molecule has 1 aliphatic rings. The average Bonchev–Trinajstić information content (AvgIpc) is 1.77. The molecular formula is C60H103N17O22. The number of rotatable bonds is 45. The fourth-order valence-electron chi connectivity index (χ4n) is 9.89. The van der Waals surface area contributed by atoms with E-state index in [1.165, 1.54) is 34.6 Å². The molecule has 13 amide bonds. The number of nitrogens with one attached hydrogen (secondary N) is 12. The number of amides is 13. The Balaban J connectivity index is 3.29. The van der Waals surface area contributed by atoms with E-state index in [0.717, 1.165) is 11.8 Å². The van der Waals surface area contributed by atoms with E-state index in [0.29, 0.717) is 0 Å². The van der Waals surface area contributed by atoms with Gasteiger partial charge in [-0.15, -0.1) is 0 Å². The lowest BCUT2D eigenvalue weighted by Gasteiger charge is -2.31. The fraction of sp³-hybridized carbons (Fsp3) is 0.717. The molecule has 0 aromatic heterocycles. The Morgan fingerprint density at radius 2 is 0.899 bits per heavy atom. The number of carboxylic acid groups (broad SMARTS) is 3. The minimum absolute atomic E-state index is 0.0185. The van der Waals surface area contributed by atoms with Gasteiger partial charge in [0, 0.05) is 25.9 Å². The zero-order valence-electron chi connectivity index (χ0n) is 57.5. The Morgan fingerprint density at radius 3 is 1.36 bits per heavy atom. The molecule has 24 N–H and O–H groups in total. The van der Waals surface area contributed by atoms with Crippen LogP contribution in [0.25, 0.3) is 0 Å². The Bertz CT molecular complexity index is 2850. The van der Waals surface area contributed by atoms with Gasteiger partial charge in [0.2, 0.25) is 76.8 Å². The second-order valence-corrected chi connectivity index (χ2v) is 25.4. The molecule has 39 nitrogen and oxygen atoms in total. The third kappa shape index (κ3) is 32.2. The van der Waals surface area contributed by atoms with Gasteiger partial charge in [-0.2, -0.15) is 0 Å². The van der Waals surface area contributed by atoms with Gasteiger partial charge in [-0.05, 0) is 88.9 Å². The molecule has 0 aliphatic carbocycles. The number of aliphatic imine (C=N–C) groups is 1. The molecular weight excluding hydrogens is 1310 g/mol. The molecule has 13 atom stereocenters. The van der Waals surface area contributed by atoms with Gasteiger partial charge in [-0.3, -0.25) is 76.9 Å². The monoisotopic (exact) mass is 1410 g/mol. The van der Waals surface area contributed by atoms with Crippen LogP contribution in [0, 0.1) is 23.7 Å². The summed E-state index contributed by atoms with van der Waals surface area (Å²) >= 11 is 0. The van der Waals surface area contributed by atoms with Crippen LogP contribution >= 0.6 is 0 Å². The van der Waals surface area contributed by atoms with Crippen LogP contribution in [-0.2, 0) is 76.7 Å². The Hall–Kier alpha value is -9.37. The predicted octanol–water partition coefficient (Wildman–Crippen LogP) is -7.96. The number of carbonyl (C=O) groups excluding carboxylic acids is 13. The first kappa shape index (κ1) is 87.6. The van der Waals surface area contributed by atoms with E-state index < -0.39 is 237 Å². The van der Waals surface area contributed by atoms with E-state index in [9.17, 15) is 107 Å². The quantitative estimate of drug-likeness (QED) is 0.0153. The summed E-state index contributed by atoms with van der Waals surface area (Å²) in [6.07, 6.45) is -5.43. The number of hydrogen-bond donors (Lipinski definition) is 21. The van der Waals surface area contributed by atoms with Gasteiger partial charge in [0.1, 0.15) is 66.5 Å². The Labute approximate surface area is 572 Å². The summed E-state index contributed by atoms with van der Waals surface area (Å²) < 4.78 is 0. The number of aliphatic carboxylic acids is 3. The molecule has 1 rings (SSSR count). The number of hydrogen-bond acceptors (Lipinski definition) is 21. The molecule has 1 heterocycles. The predicted molar refractivity (Wildman–Crippen MR) is 349 cm³/mol. The van der Waals surface area contributed by atoms with Crippen LogP contribution in [-0.4, -0.2) is 254 Å². The number of guanidine groups is 1.